The molecule has 4 nitrogen and oxygen atoms in total. The van der Waals surface area contributed by atoms with Crippen LogP contribution in [0.1, 0.15) is 51.5 Å². The van der Waals surface area contributed by atoms with Gasteiger partial charge in [0.2, 0.25) is 5.91 Å². The lowest BCUT2D eigenvalue weighted by molar-refractivity contribution is -0.127. The SMILES string of the molecule is CCN(CC)C(=O)CSc1ncnc2sc3c(c12)CCC(C(C)(C)C)C3. The van der Waals surface area contributed by atoms with Crippen LogP contribution in [0.15, 0.2) is 11.4 Å². The normalized spacial score (nSPS) is 17.3. The van der Waals surface area contributed by atoms with E-state index in [1.54, 1.807) is 18.1 Å². The van der Waals surface area contributed by atoms with Crippen LogP contribution >= 0.6 is 23.1 Å². The molecule has 3 rings (SSSR count). The van der Waals surface area contributed by atoms with Gasteiger partial charge in [-0.15, -0.1) is 11.3 Å². The summed E-state index contributed by atoms with van der Waals surface area (Å²) < 4.78 is 0. The van der Waals surface area contributed by atoms with Gasteiger partial charge in [0.15, 0.2) is 0 Å². The Morgan fingerprint density at radius 2 is 2.04 bits per heavy atom. The number of aromatic nitrogens is 2. The highest BCUT2D eigenvalue weighted by molar-refractivity contribution is 8.00. The number of hydrogen-bond donors (Lipinski definition) is 0. The summed E-state index contributed by atoms with van der Waals surface area (Å²) in [5.74, 6) is 1.35. The van der Waals surface area contributed by atoms with Gasteiger partial charge in [-0.25, -0.2) is 9.97 Å². The molecule has 0 N–H and O–H groups in total. The van der Waals surface area contributed by atoms with Crippen molar-refractivity contribution in [2.45, 2.75) is 58.9 Å². The van der Waals surface area contributed by atoms with Crippen molar-refractivity contribution in [2.24, 2.45) is 11.3 Å². The quantitative estimate of drug-likeness (QED) is 0.542. The summed E-state index contributed by atoms with van der Waals surface area (Å²) in [4.78, 5) is 25.8. The average molecular weight is 392 g/mol. The summed E-state index contributed by atoms with van der Waals surface area (Å²) in [5.41, 5.74) is 1.77. The Labute approximate surface area is 164 Å². The van der Waals surface area contributed by atoms with Gasteiger partial charge in [0, 0.05) is 23.4 Å². The maximum absolute atomic E-state index is 12.4. The molecule has 1 atom stereocenters. The number of thiophene rings is 1. The van der Waals surface area contributed by atoms with Crippen molar-refractivity contribution in [2.75, 3.05) is 18.8 Å². The molecule has 0 aromatic carbocycles. The predicted molar refractivity (Wildman–Crippen MR) is 111 cm³/mol. The molecule has 1 aliphatic rings. The first-order valence-electron chi connectivity index (χ1n) is 9.50. The van der Waals surface area contributed by atoms with Gasteiger partial charge in [-0.1, -0.05) is 32.5 Å². The van der Waals surface area contributed by atoms with E-state index in [2.05, 4.69) is 30.7 Å². The second-order valence-electron chi connectivity index (χ2n) is 8.02. The molecule has 26 heavy (non-hydrogen) atoms. The Kier molecular flexibility index (Phi) is 5.92. The van der Waals surface area contributed by atoms with Crippen molar-refractivity contribution in [1.29, 1.82) is 0 Å². The number of carbonyl (C=O) groups is 1. The monoisotopic (exact) mass is 391 g/mol. The van der Waals surface area contributed by atoms with Crippen LogP contribution in [0, 0.1) is 11.3 Å². The van der Waals surface area contributed by atoms with Crippen molar-refractivity contribution < 1.29 is 4.79 Å². The summed E-state index contributed by atoms with van der Waals surface area (Å²) in [5, 5.41) is 2.18. The zero-order chi connectivity index (χ0) is 18.9. The Hall–Kier alpha value is -1.14. The maximum Gasteiger partial charge on any atom is 0.232 e. The minimum atomic E-state index is 0.184. The van der Waals surface area contributed by atoms with Crippen LogP contribution in [0.4, 0.5) is 0 Å². The van der Waals surface area contributed by atoms with Gasteiger partial charge in [0.1, 0.15) is 16.2 Å². The second kappa shape index (κ2) is 7.85. The zero-order valence-corrected chi connectivity index (χ0v) is 18.1. The van der Waals surface area contributed by atoms with Crippen LogP contribution in [0.2, 0.25) is 0 Å². The average Bonchev–Trinajstić information content (AvgIpc) is 2.98. The Balaban J connectivity index is 1.85. The number of aryl methyl sites for hydroxylation is 1. The molecule has 0 saturated carbocycles. The van der Waals surface area contributed by atoms with E-state index in [4.69, 9.17) is 0 Å². The highest BCUT2D eigenvalue weighted by Gasteiger charge is 2.31. The van der Waals surface area contributed by atoms with E-state index >= 15 is 0 Å². The van der Waals surface area contributed by atoms with Crippen LogP contribution in [0.5, 0.6) is 0 Å². The second-order valence-corrected chi connectivity index (χ2v) is 10.1. The van der Waals surface area contributed by atoms with Crippen molar-refractivity contribution in [1.82, 2.24) is 14.9 Å². The first-order valence-corrected chi connectivity index (χ1v) is 11.3. The predicted octanol–water partition coefficient (Wildman–Crippen LogP) is 4.80. The fourth-order valence-corrected chi connectivity index (χ4v) is 5.99. The first kappa shape index (κ1) is 19.6. The summed E-state index contributed by atoms with van der Waals surface area (Å²) >= 11 is 3.39. The van der Waals surface area contributed by atoms with E-state index in [1.807, 2.05) is 30.1 Å². The van der Waals surface area contributed by atoms with E-state index < -0.39 is 0 Å². The number of amides is 1. The van der Waals surface area contributed by atoms with E-state index in [0.29, 0.717) is 11.2 Å². The number of hydrogen-bond acceptors (Lipinski definition) is 5. The fourth-order valence-electron chi connectivity index (χ4n) is 3.73. The van der Waals surface area contributed by atoms with E-state index in [0.717, 1.165) is 41.7 Å². The Morgan fingerprint density at radius 3 is 2.69 bits per heavy atom. The lowest BCUT2D eigenvalue weighted by atomic mass is 9.72. The third-order valence-corrected chi connectivity index (χ3v) is 7.62. The van der Waals surface area contributed by atoms with Crippen LogP contribution < -0.4 is 0 Å². The van der Waals surface area contributed by atoms with Gasteiger partial charge < -0.3 is 4.90 Å². The molecule has 142 valence electrons. The molecule has 0 bridgehead atoms. The lowest BCUT2D eigenvalue weighted by Gasteiger charge is -2.33. The number of rotatable bonds is 5. The molecule has 0 fully saturated rings. The summed E-state index contributed by atoms with van der Waals surface area (Å²) in [6.07, 6.45) is 5.11. The molecule has 6 heteroatoms. The van der Waals surface area contributed by atoms with Crippen LogP contribution in [-0.2, 0) is 17.6 Å². The first-order chi connectivity index (χ1) is 12.3. The van der Waals surface area contributed by atoms with Crippen molar-refractivity contribution >= 4 is 39.2 Å². The van der Waals surface area contributed by atoms with Gasteiger partial charge in [-0.3, -0.25) is 4.79 Å². The molecule has 1 unspecified atom stereocenters. The minimum Gasteiger partial charge on any atom is -0.343 e. The lowest BCUT2D eigenvalue weighted by Crippen LogP contribution is -2.31. The summed E-state index contributed by atoms with van der Waals surface area (Å²) in [6.45, 7) is 12.6. The molecule has 0 spiro atoms. The standard InChI is InChI=1S/C20H29N3OS2/c1-6-23(7-2)16(24)11-25-18-17-14-9-8-13(20(3,4)5)10-15(14)26-19(17)22-12-21-18/h12-13H,6-11H2,1-5H3. The Bertz CT molecular complexity index is 790. The third kappa shape index (κ3) is 3.91. The number of thioether (sulfide) groups is 1. The molecule has 2 aromatic rings. The number of carbonyl (C=O) groups excluding carboxylic acids is 1. The third-order valence-electron chi connectivity index (χ3n) is 5.48. The molecule has 2 heterocycles. The van der Waals surface area contributed by atoms with E-state index in [1.165, 1.54) is 22.2 Å². The topological polar surface area (TPSA) is 46.1 Å². The highest BCUT2D eigenvalue weighted by atomic mass is 32.2. The molecule has 0 radical (unpaired) electrons. The molecular weight excluding hydrogens is 362 g/mol. The summed E-state index contributed by atoms with van der Waals surface area (Å²) in [6, 6.07) is 0. The number of fused-ring (bicyclic) bond motifs is 3. The Morgan fingerprint density at radius 1 is 1.31 bits per heavy atom. The molecule has 1 aliphatic carbocycles. The van der Waals surface area contributed by atoms with Gasteiger partial charge in [0.05, 0.1) is 5.75 Å². The zero-order valence-electron chi connectivity index (χ0n) is 16.5. The highest BCUT2D eigenvalue weighted by Crippen LogP contribution is 2.44. The molecule has 1 amide bonds. The van der Waals surface area contributed by atoms with Crippen molar-refractivity contribution in [3.05, 3.63) is 16.8 Å². The largest absolute Gasteiger partial charge is 0.343 e. The maximum atomic E-state index is 12.4. The molecular formula is C20H29N3OS2. The van der Waals surface area contributed by atoms with Gasteiger partial charge in [0.25, 0.3) is 0 Å². The fraction of sp³-hybridized carbons (Fsp3) is 0.650. The summed E-state index contributed by atoms with van der Waals surface area (Å²) in [7, 11) is 0. The molecule has 0 saturated heterocycles. The van der Waals surface area contributed by atoms with Crippen molar-refractivity contribution in [3.8, 4) is 0 Å². The smallest absolute Gasteiger partial charge is 0.232 e. The van der Waals surface area contributed by atoms with Crippen LogP contribution in [-0.4, -0.2) is 39.6 Å². The molecule has 2 aromatic heterocycles. The minimum absolute atomic E-state index is 0.184. The molecule has 0 aliphatic heterocycles. The van der Waals surface area contributed by atoms with Crippen molar-refractivity contribution in [3.63, 3.8) is 0 Å². The van der Waals surface area contributed by atoms with E-state index in [-0.39, 0.29) is 5.91 Å². The van der Waals surface area contributed by atoms with E-state index in [9.17, 15) is 4.79 Å². The van der Waals surface area contributed by atoms with Crippen LogP contribution in [0.3, 0.4) is 0 Å². The van der Waals surface area contributed by atoms with Gasteiger partial charge >= 0.3 is 0 Å². The van der Waals surface area contributed by atoms with Crippen LogP contribution in [0.25, 0.3) is 10.2 Å². The van der Waals surface area contributed by atoms with Gasteiger partial charge in [-0.05, 0) is 50.0 Å². The number of nitrogens with zero attached hydrogens (tertiary/aromatic N) is 3. The van der Waals surface area contributed by atoms with Gasteiger partial charge in [-0.2, -0.15) is 0 Å².